The van der Waals surface area contributed by atoms with E-state index in [1.165, 1.54) is 11.1 Å². The zero-order valence-corrected chi connectivity index (χ0v) is 27.8. The van der Waals surface area contributed by atoms with Gasteiger partial charge in [-0.25, -0.2) is 9.59 Å². The maximum Gasteiger partial charge on any atom is 0.344 e. The fraction of sp³-hybridized carbons (Fsp3) is 0.341. The van der Waals surface area contributed by atoms with E-state index in [2.05, 4.69) is 36.4 Å². The van der Waals surface area contributed by atoms with E-state index in [1.54, 1.807) is 24.3 Å². The minimum absolute atomic E-state index is 0.476. The molecule has 2 unspecified atom stereocenters. The highest BCUT2D eigenvalue weighted by molar-refractivity contribution is 5.73. The number of carboxylic acid groups (broad SMARTS) is 2. The molecule has 0 aliphatic heterocycles. The molecule has 4 aromatic carbocycles. The van der Waals surface area contributed by atoms with E-state index in [-0.39, 0.29) is 0 Å². The summed E-state index contributed by atoms with van der Waals surface area (Å²) in [6.07, 6.45) is 8.48. The van der Waals surface area contributed by atoms with E-state index in [0.717, 1.165) is 63.4 Å². The summed E-state index contributed by atoms with van der Waals surface area (Å²) in [4.78, 5) is 22.7. The molecule has 0 aliphatic carbocycles. The molecule has 48 heavy (non-hydrogen) atoms. The molecule has 4 aromatic rings. The number of carboxylic acids is 2. The van der Waals surface area contributed by atoms with Gasteiger partial charge in [0.1, 0.15) is 11.5 Å². The Morgan fingerprint density at radius 3 is 1.40 bits per heavy atom. The topological polar surface area (TPSA) is 117 Å². The monoisotopic (exact) mass is 649 g/mol. The molecule has 7 heteroatoms. The quantitative estimate of drug-likeness (QED) is 0.0973. The van der Waals surface area contributed by atoms with Crippen LogP contribution in [0, 0.1) is 18.3 Å². The molecular weight excluding hydrogens is 602 g/mol. The largest absolute Gasteiger partial charge is 0.479 e. The Balaban J connectivity index is 0.000000260. The van der Waals surface area contributed by atoms with Crippen LogP contribution in [0.3, 0.4) is 0 Å². The normalized spacial score (nSPS) is 11.7. The standard InChI is InChI=1S/C21H26O3.C20H21NO3/c1-17-13-15-19(16-14-17)24-20(21(22)23)12-8-3-2-5-9-18-10-6-4-7-11-18;21-15-17-11-13-18(14-12-17)24-19(20(22)23)10-6-2-5-9-16-7-3-1-4-8-16/h4,6-7,10-11,13-16,20H,2-3,5,8-9,12H2,1H3,(H,22,23);1,3-4,7-8,11-14,19H,2,5-6,9-10H2,(H,22,23). The van der Waals surface area contributed by atoms with Crippen molar-refractivity contribution in [2.75, 3.05) is 0 Å². The van der Waals surface area contributed by atoms with Crippen LogP contribution < -0.4 is 9.47 Å². The van der Waals surface area contributed by atoms with Crippen LogP contribution >= 0.6 is 0 Å². The number of hydrogen-bond donors (Lipinski definition) is 2. The van der Waals surface area contributed by atoms with Gasteiger partial charge in [0.15, 0.2) is 12.2 Å². The van der Waals surface area contributed by atoms with Crippen molar-refractivity contribution in [3.05, 3.63) is 131 Å². The number of nitrogens with zero attached hydrogens (tertiary/aromatic N) is 1. The first-order valence-electron chi connectivity index (χ1n) is 16.8. The molecule has 2 N–H and O–H groups in total. The Hall–Kier alpha value is -5.09. The van der Waals surface area contributed by atoms with Crippen molar-refractivity contribution in [1.82, 2.24) is 0 Å². The average Bonchev–Trinajstić information content (AvgIpc) is 3.10. The van der Waals surface area contributed by atoms with Gasteiger partial charge in [-0.1, -0.05) is 97.6 Å². The number of aryl methyl sites for hydroxylation is 3. The molecule has 0 saturated carbocycles. The summed E-state index contributed by atoms with van der Waals surface area (Å²) in [7, 11) is 0. The summed E-state index contributed by atoms with van der Waals surface area (Å²) in [6, 6.07) is 36.8. The third-order valence-corrected chi connectivity index (χ3v) is 7.91. The molecule has 7 nitrogen and oxygen atoms in total. The van der Waals surface area contributed by atoms with E-state index in [0.29, 0.717) is 29.9 Å². The van der Waals surface area contributed by atoms with Crippen LogP contribution in [0.1, 0.15) is 80.0 Å². The number of carbonyl (C=O) groups is 2. The van der Waals surface area contributed by atoms with Crippen molar-refractivity contribution >= 4 is 11.9 Å². The number of hydrogen-bond acceptors (Lipinski definition) is 5. The molecule has 0 spiro atoms. The highest BCUT2D eigenvalue weighted by Crippen LogP contribution is 2.19. The second kappa shape index (κ2) is 21.7. The van der Waals surface area contributed by atoms with Crippen molar-refractivity contribution in [3.63, 3.8) is 0 Å². The first-order valence-corrected chi connectivity index (χ1v) is 16.8. The first-order chi connectivity index (χ1) is 23.3. The number of benzene rings is 4. The predicted molar refractivity (Wildman–Crippen MR) is 188 cm³/mol. The number of rotatable bonds is 19. The zero-order valence-electron chi connectivity index (χ0n) is 27.8. The maximum absolute atomic E-state index is 11.4. The lowest BCUT2D eigenvalue weighted by molar-refractivity contribution is -0.146. The van der Waals surface area contributed by atoms with Crippen LogP contribution in [0.5, 0.6) is 11.5 Å². The zero-order chi connectivity index (χ0) is 34.4. The number of ether oxygens (including phenoxy) is 2. The van der Waals surface area contributed by atoms with E-state index in [1.807, 2.05) is 61.5 Å². The SMILES string of the molecule is Cc1ccc(OC(CCCCCCc2ccccc2)C(=O)O)cc1.N#Cc1ccc(OC(CCCCCc2ccccc2)C(=O)O)cc1. The Bertz CT molecular complexity index is 1520. The molecule has 252 valence electrons. The average molecular weight is 650 g/mol. The van der Waals surface area contributed by atoms with Gasteiger partial charge in [-0.2, -0.15) is 5.26 Å². The summed E-state index contributed by atoms with van der Waals surface area (Å²) in [6.45, 7) is 1.99. The minimum atomic E-state index is -0.956. The van der Waals surface area contributed by atoms with Crippen molar-refractivity contribution in [2.45, 2.75) is 89.8 Å². The van der Waals surface area contributed by atoms with Gasteiger partial charge in [0.2, 0.25) is 0 Å². The van der Waals surface area contributed by atoms with Gasteiger partial charge in [-0.05, 0) is 106 Å². The Morgan fingerprint density at radius 1 is 0.583 bits per heavy atom. The van der Waals surface area contributed by atoms with Crippen molar-refractivity contribution in [1.29, 1.82) is 5.26 Å². The third-order valence-electron chi connectivity index (χ3n) is 7.91. The Morgan fingerprint density at radius 2 is 0.979 bits per heavy atom. The molecule has 0 aromatic heterocycles. The molecule has 4 rings (SSSR count). The van der Waals surface area contributed by atoms with Crippen LogP contribution in [-0.4, -0.2) is 34.4 Å². The maximum atomic E-state index is 11.4. The van der Waals surface area contributed by atoms with Gasteiger partial charge in [-0.15, -0.1) is 0 Å². The van der Waals surface area contributed by atoms with Crippen LogP contribution in [0.2, 0.25) is 0 Å². The summed E-state index contributed by atoms with van der Waals surface area (Å²) < 4.78 is 11.1. The van der Waals surface area contributed by atoms with Crippen molar-refractivity contribution < 1.29 is 29.3 Å². The van der Waals surface area contributed by atoms with Gasteiger partial charge in [0, 0.05) is 0 Å². The summed E-state index contributed by atoms with van der Waals surface area (Å²) in [5.74, 6) is -0.745. The van der Waals surface area contributed by atoms with Crippen LogP contribution in [-0.2, 0) is 22.4 Å². The number of nitriles is 1. The molecule has 0 amide bonds. The molecule has 0 bridgehead atoms. The first kappa shape index (κ1) is 37.4. The molecule has 0 radical (unpaired) electrons. The van der Waals surface area contributed by atoms with E-state index in [4.69, 9.17) is 14.7 Å². The third kappa shape index (κ3) is 15.0. The number of unbranched alkanes of at least 4 members (excludes halogenated alkanes) is 5. The molecule has 2 atom stereocenters. The Labute approximate surface area is 284 Å². The molecule has 0 aliphatic rings. The lowest BCUT2D eigenvalue weighted by atomic mass is 10.0. The van der Waals surface area contributed by atoms with Crippen molar-refractivity contribution in [2.24, 2.45) is 0 Å². The molecule has 0 fully saturated rings. The van der Waals surface area contributed by atoms with Crippen LogP contribution in [0.25, 0.3) is 0 Å². The second-order valence-electron chi connectivity index (χ2n) is 11.9. The van der Waals surface area contributed by atoms with Crippen LogP contribution in [0.4, 0.5) is 0 Å². The van der Waals surface area contributed by atoms with Gasteiger partial charge in [-0.3, -0.25) is 0 Å². The summed E-state index contributed by atoms with van der Waals surface area (Å²) in [5.41, 5.74) is 4.33. The lowest BCUT2D eigenvalue weighted by Crippen LogP contribution is -2.26. The van der Waals surface area contributed by atoms with Gasteiger partial charge in [0.05, 0.1) is 11.6 Å². The van der Waals surface area contributed by atoms with E-state index < -0.39 is 24.1 Å². The summed E-state index contributed by atoms with van der Waals surface area (Å²) >= 11 is 0. The lowest BCUT2D eigenvalue weighted by Gasteiger charge is -2.15. The van der Waals surface area contributed by atoms with E-state index >= 15 is 0 Å². The highest BCUT2D eigenvalue weighted by Gasteiger charge is 2.20. The fourth-order valence-corrected chi connectivity index (χ4v) is 5.16. The second-order valence-corrected chi connectivity index (χ2v) is 11.9. The predicted octanol–water partition coefficient (Wildman–Crippen LogP) is 9.21. The van der Waals surface area contributed by atoms with Crippen LogP contribution in [0.15, 0.2) is 109 Å². The van der Waals surface area contributed by atoms with Crippen molar-refractivity contribution in [3.8, 4) is 17.6 Å². The molecular formula is C41H47NO6. The fourth-order valence-electron chi connectivity index (χ4n) is 5.16. The molecule has 0 saturated heterocycles. The van der Waals surface area contributed by atoms with Gasteiger partial charge in [0.25, 0.3) is 0 Å². The summed E-state index contributed by atoms with van der Waals surface area (Å²) in [5, 5.41) is 27.4. The minimum Gasteiger partial charge on any atom is -0.479 e. The van der Waals surface area contributed by atoms with Gasteiger partial charge >= 0.3 is 11.9 Å². The molecule has 0 heterocycles. The highest BCUT2D eigenvalue weighted by atomic mass is 16.5. The number of aliphatic carboxylic acids is 2. The Kier molecular flexibility index (Phi) is 16.9. The van der Waals surface area contributed by atoms with Gasteiger partial charge < -0.3 is 19.7 Å². The van der Waals surface area contributed by atoms with E-state index in [9.17, 15) is 19.8 Å². The smallest absolute Gasteiger partial charge is 0.344 e.